The van der Waals surface area contributed by atoms with Gasteiger partial charge in [-0.1, -0.05) is 0 Å². The standard InChI is InChI=1S/C10H11N3O2/c1-5-4-7-9(12-13-11-7)6(2)8(5)10(14)15-3/h4H,1-3H3,(H,11,12,13). The normalized spacial score (nSPS) is 10.6. The van der Waals surface area contributed by atoms with E-state index in [0.717, 1.165) is 16.6 Å². The molecular formula is C10H11N3O2. The maximum absolute atomic E-state index is 11.5. The van der Waals surface area contributed by atoms with Gasteiger partial charge in [-0.25, -0.2) is 4.79 Å². The van der Waals surface area contributed by atoms with Gasteiger partial charge in [-0.05, 0) is 31.0 Å². The topological polar surface area (TPSA) is 67.9 Å². The highest BCUT2D eigenvalue weighted by Gasteiger charge is 2.16. The van der Waals surface area contributed by atoms with Crippen molar-refractivity contribution in [1.29, 1.82) is 0 Å². The summed E-state index contributed by atoms with van der Waals surface area (Å²) in [6, 6.07) is 1.82. The number of ether oxygens (including phenoxy) is 1. The number of H-pyrrole nitrogens is 1. The summed E-state index contributed by atoms with van der Waals surface area (Å²) < 4.78 is 4.73. The van der Waals surface area contributed by atoms with Crippen LogP contribution in [0, 0.1) is 13.8 Å². The molecule has 0 amide bonds. The summed E-state index contributed by atoms with van der Waals surface area (Å²) in [5, 5.41) is 10.5. The van der Waals surface area contributed by atoms with E-state index in [-0.39, 0.29) is 5.97 Å². The van der Waals surface area contributed by atoms with Crippen LogP contribution in [-0.2, 0) is 4.74 Å². The molecule has 1 N–H and O–H groups in total. The fourth-order valence-corrected chi connectivity index (χ4v) is 1.72. The Balaban J connectivity index is 2.78. The molecule has 15 heavy (non-hydrogen) atoms. The van der Waals surface area contributed by atoms with E-state index in [1.165, 1.54) is 7.11 Å². The smallest absolute Gasteiger partial charge is 0.338 e. The van der Waals surface area contributed by atoms with Gasteiger partial charge in [0.05, 0.1) is 12.7 Å². The number of hydrogen-bond donors (Lipinski definition) is 1. The van der Waals surface area contributed by atoms with E-state index in [4.69, 9.17) is 4.74 Å². The Morgan fingerprint density at radius 2 is 2.13 bits per heavy atom. The number of hydrogen-bond acceptors (Lipinski definition) is 4. The lowest BCUT2D eigenvalue weighted by Gasteiger charge is -2.07. The van der Waals surface area contributed by atoms with Crippen LogP contribution in [0.5, 0.6) is 0 Å². The third-order valence-corrected chi connectivity index (χ3v) is 2.44. The number of carbonyl (C=O) groups excluding carboxylic acids is 1. The van der Waals surface area contributed by atoms with Crippen molar-refractivity contribution in [3.8, 4) is 0 Å². The zero-order chi connectivity index (χ0) is 11.0. The van der Waals surface area contributed by atoms with Gasteiger partial charge >= 0.3 is 5.97 Å². The molecule has 5 heteroatoms. The zero-order valence-electron chi connectivity index (χ0n) is 8.79. The maximum Gasteiger partial charge on any atom is 0.338 e. The van der Waals surface area contributed by atoms with Gasteiger partial charge in [0, 0.05) is 0 Å². The van der Waals surface area contributed by atoms with Crippen LogP contribution in [0.4, 0.5) is 0 Å². The molecule has 0 radical (unpaired) electrons. The summed E-state index contributed by atoms with van der Waals surface area (Å²) in [6.45, 7) is 3.69. The van der Waals surface area contributed by atoms with E-state index < -0.39 is 0 Å². The lowest BCUT2D eigenvalue weighted by atomic mass is 10.0. The zero-order valence-corrected chi connectivity index (χ0v) is 8.79. The van der Waals surface area contributed by atoms with E-state index in [1.807, 2.05) is 19.9 Å². The fraction of sp³-hybridized carbons (Fsp3) is 0.300. The first-order valence-electron chi connectivity index (χ1n) is 4.54. The Morgan fingerprint density at radius 3 is 2.80 bits per heavy atom. The highest BCUT2D eigenvalue weighted by molar-refractivity contribution is 5.98. The lowest BCUT2D eigenvalue weighted by molar-refractivity contribution is 0.0599. The van der Waals surface area contributed by atoms with Crippen LogP contribution in [0.3, 0.4) is 0 Å². The average molecular weight is 205 g/mol. The van der Waals surface area contributed by atoms with Crippen LogP contribution in [-0.4, -0.2) is 28.5 Å². The molecule has 0 bridgehead atoms. The van der Waals surface area contributed by atoms with Crippen LogP contribution in [0.15, 0.2) is 6.07 Å². The van der Waals surface area contributed by atoms with Gasteiger partial charge in [-0.15, -0.1) is 0 Å². The molecule has 5 nitrogen and oxygen atoms in total. The monoisotopic (exact) mass is 205 g/mol. The summed E-state index contributed by atoms with van der Waals surface area (Å²) >= 11 is 0. The van der Waals surface area contributed by atoms with E-state index in [2.05, 4.69) is 15.4 Å². The second kappa shape index (κ2) is 3.34. The summed E-state index contributed by atoms with van der Waals surface area (Å²) in [5.41, 5.74) is 3.68. The van der Waals surface area contributed by atoms with Crippen molar-refractivity contribution in [1.82, 2.24) is 15.4 Å². The van der Waals surface area contributed by atoms with Crippen molar-refractivity contribution in [2.75, 3.05) is 7.11 Å². The lowest BCUT2D eigenvalue weighted by Crippen LogP contribution is -2.06. The third-order valence-electron chi connectivity index (χ3n) is 2.44. The fourth-order valence-electron chi connectivity index (χ4n) is 1.72. The molecule has 1 aromatic carbocycles. The Bertz CT molecular complexity index is 531. The minimum atomic E-state index is -0.338. The molecule has 0 spiro atoms. The number of fused-ring (bicyclic) bond motifs is 1. The maximum atomic E-state index is 11.5. The summed E-state index contributed by atoms with van der Waals surface area (Å²) in [4.78, 5) is 11.5. The number of aromatic amines is 1. The number of nitrogens with zero attached hydrogens (tertiary/aromatic N) is 2. The van der Waals surface area contributed by atoms with E-state index in [0.29, 0.717) is 11.1 Å². The van der Waals surface area contributed by atoms with Crippen molar-refractivity contribution in [2.24, 2.45) is 0 Å². The van der Waals surface area contributed by atoms with Crippen LogP contribution in [0.25, 0.3) is 11.0 Å². The molecular weight excluding hydrogens is 194 g/mol. The Hall–Kier alpha value is -1.91. The number of nitrogens with one attached hydrogen (secondary N) is 1. The number of aromatic nitrogens is 3. The molecule has 0 unspecified atom stereocenters. The Morgan fingerprint density at radius 1 is 1.40 bits per heavy atom. The summed E-state index contributed by atoms with van der Waals surface area (Å²) in [6.07, 6.45) is 0. The van der Waals surface area contributed by atoms with Gasteiger partial charge in [0.25, 0.3) is 0 Å². The van der Waals surface area contributed by atoms with Crippen LogP contribution < -0.4 is 0 Å². The van der Waals surface area contributed by atoms with Crippen molar-refractivity contribution < 1.29 is 9.53 Å². The van der Waals surface area contributed by atoms with Gasteiger partial charge < -0.3 is 4.74 Å². The van der Waals surface area contributed by atoms with Gasteiger partial charge in [-0.2, -0.15) is 15.4 Å². The number of carbonyl (C=O) groups is 1. The molecule has 0 aliphatic rings. The molecule has 1 heterocycles. The molecule has 0 aliphatic heterocycles. The highest BCUT2D eigenvalue weighted by Crippen LogP contribution is 2.22. The molecule has 0 saturated carbocycles. The first-order valence-corrected chi connectivity index (χ1v) is 4.54. The van der Waals surface area contributed by atoms with Gasteiger partial charge in [0.15, 0.2) is 0 Å². The van der Waals surface area contributed by atoms with Gasteiger partial charge in [0.1, 0.15) is 11.0 Å². The SMILES string of the molecule is COC(=O)c1c(C)cc2n[nH]nc2c1C. The van der Waals surface area contributed by atoms with Crippen molar-refractivity contribution in [2.45, 2.75) is 13.8 Å². The molecule has 0 aliphatic carbocycles. The summed E-state index contributed by atoms with van der Waals surface area (Å²) in [7, 11) is 1.37. The minimum Gasteiger partial charge on any atom is -0.465 e. The number of rotatable bonds is 1. The van der Waals surface area contributed by atoms with Crippen molar-refractivity contribution in [3.63, 3.8) is 0 Å². The Kier molecular flexibility index (Phi) is 2.15. The second-order valence-electron chi connectivity index (χ2n) is 3.38. The number of methoxy groups -OCH3 is 1. The molecule has 2 rings (SSSR count). The van der Waals surface area contributed by atoms with Crippen molar-refractivity contribution in [3.05, 3.63) is 22.8 Å². The quantitative estimate of drug-likeness (QED) is 0.714. The molecule has 0 fully saturated rings. The van der Waals surface area contributed by atoms with Crippen LogP contribution >= 0.6 is 0 Å². The largest absolute Gasteiger partial charge is 0.465 e. The minimum absolute atomic E-state index is 0.338. The Labute approximate surface area is 86.4 Å². The van der Waals surface area contributed by atoms with Gasteiger partial charge in [0.2, 0.25) is 0 Å². The second-order valence-corrected chi connectivity index (χ2v) is 3.38. The van der Waals surface area contributed by atoms with E-state index >= 15 is 0 Å². The molecule has 0 atom stereocenters. The van der Waals surface area contributed by atoms with Crippen LogP contribution in [0.1, 0.15) is 21.5 Å². The molecule has 2 aromatic rings. The first kappa shape index (κ1) is 9.64. The highest BCUT2D eigenvalue weighted by atomic mass is 16.5. The summed E-state index contributed by atoms with van der Waals surface area (Å²) in [5.74, 6) is -0.338. The first-order chi connectivity index (χ1) is 7.15. The van der Waals surface area contributed by atoms with Gasteiger partial charge in [-0.3, -0.25) is 0 Å². The van der Waals surface area contributed by atoms with Crippen LogP contribution in [0.2, 0.25) is 0 Å². The molecule has 78 valence electrons. The third kappa shape index (κ3) is 1.36. The average Bonchev–Trinajstić information content (AvgIpc) is 2.65. The molecule has 0 saturated heterocycles. The van der Waals surface area contributed by atoms with E-state index in [1.54, 1.807) is 0 Å². The number of esters is 1. The predicted octanol–water partition coefficient (Wildman–Crippen LogP) is 1.36. The van der Waals surface area contributed by atoms with E-state index in [9.17, 15) is 4.79 Å². The number of aryl methyl sites for hydroxylation is 2. The predicted molar refractivity (Wildman–Crippen MR) is 54.7 cm³/mol. The number of benzene rings is 1. The van der Waals surface area contributed by atoms with Crippen molar-refractivity contribution >= 4 is 17.0 Å². The molecule has 1 aromatic heterocycles.